The first kappa shape index (κ1) is 16.9. The summed E-state index contributed by atoms with van der Waals surface area (Å²) < 4.78 is 12.8. The summed E-state index contributed by atoms with van der Waals surface area (Å²) in [5.41, 5.74) is 3.15. The third kappa shape index (κ3) is 4.34. The van der Waals surface area contributed by atoms with Crippen LogP contribution in [0.3, 0.4) is 0 Å². The fourth-order valence-electron chi connectivity index (χ4n) is 2.38. The second-order valence-electron chi connectivity index (χ2n) is 5.61. The van der Waals surface area contributed by atoms with Crippen LogP contribution in [0.15, 0.2) is 52.9 Å². The van der Waals surface area contributed by atoms with Crippen LogP contribution in [0.4, 0.5) is 0 Å². The van der Waals surface area contributed by atoms with Crippen LogP contribution >= 0.6 is 12.2 Å². The van der Waals surface area contributed by atoms with Gasteiger partial charge >= 0.3 is 0 Å². The van der Waals surface area contributed by atoms with E-state index < -0.39 is 0 Å². The average molecular weight is 351 g/mol. The van der Waals surface area contributed by atoms with Gasteiger partial charge in [-0.25, -0.2) is 4.68 Å². The summed E-state index contributed by atoms with van der Waals surface area (Å²) in [5.74, 6) is 1.21. The molecule has 0 saturated carbocycles. The Morgan fingerprint density at radius 3 is 2.76 bits per heavy atom. The molecule has 0 spiro atoms. The quantitative estimate of drug-likeness (QED) is 0.604. The largest absolute Gasteiger partial charge is 0.489 e. The molecule has 0 aliphatic carbocycles. The predicted octanol–water partition coefficient (Wildman–Crippen LogP) is 4.67. The van der Waals surface area contributed by atoms with E-state index in [9.17, 15) is 0 Å². The monoisotopic (exact) mass is 351 g/mol. The maximum atomic E-state index is 8.65. The van der Waals surface area contributed by atoms with Crippen molar-refractivity contribution in [2.75, 3.05) is 0 Å². The van der Waals surface area contributed by atoms with Crippen LogP contribution < -0.4 is 4.74 Å². The van der Waals surface area contributed by atoms with Crippen molar-refractivity contribution < 1.29 is 9.15 Å². The minimum absolute atomic E-state index is 0.269. The maximum absolute atomic E-state index is 8.65. The third-order valence-corrected chi connectivity index (χ3v) is 3.93. The molecule has 0 aliphatic heterocycles. The molecule has 0 amide bonds. The van der Waals surface area contributed by atoms with Crippen LogP contribution in [-0.2, 0) is 13.2 Å². The Labute approximate surface area is 151 Å². The van der Waals surface area contributed by atoms with Crippen LogP contribution in [0.1, 0.15) is 17.5 Å². The summed E-state index contributed by atoms with van der Waals surface area (Å²) >= 11 is 5.12. The summed E-state index contributed by atoms with van der Waals surface area (Å²) in [5, 5.41) is 13.0. The molecule has 126 valence electrons. The Kier molecular flexibility index (Phi) is 5.26. The molecule has 0 bridgehead atoms. The Balaban J connectivity index is 1.68. The molecule has 0 saturated heterocycles. The van der Waals surface area contributed by atoms with Gasteiger partial charge < -0.3 is 9.15 Å². The lowest BCUT2D eigenvalue weighted by Gasteiger charge is -2.07. The molecule has 0 fully saturated rings. The highest BCUT2D eigenvalue weighted by Crippen LogP contribution is 2.22. The second kappa shape index (κ2) is 7.77. The molecule has 2 aromatic carbocycles. The summed E-state index contributed by atoms with van der Waals surface area (Å²) in [6, 6.07) is 17.8. The second-order valence-corrected chi connectivity index (χ2v) is 5.96. The fourth-order valence-corrected chi connectivity index (χ4v) is 2.59. The lowest BCUT2D eigenvalue weighted by molar-refractivity contribution is 0.306. The van der Waals surface area contributed by atoms with Gasteiger partial charge in [0.05, 0.1) is 19.0 Å². The number of nitrogens with zero attached hydrogens (tertiary/aromatic N) is 3. The molecule has 5 nitrogen and oxygen atoms in total. The number of aryl methyl sites for hydroxylation is 2. The van der Waals surface area contributed by atoms with Crippen molar-refractivity contribution >= 4 is 12.2 Å². The van der Waals surface area contributed by atoms with Gasteiger partial charge in [0.25, 0.3) is 4.84 Å². The van der Waals surface area contributed by atoms with Crippen LogP contribution in [-0.4, -0.2) is 9.78 Å². The topological polar surface area (TPSA) is 64.0 Å². The summed E-state index contributed by atoms with van der Waals surface area (Å²) in [4.78, 5) is 0.269. The molecule has 1 heterocycles. The smallest absolute Gasteiger partial charge is 0.287 e. The zero-order chi connectivity index (χ0) is 17.6. The van der Waals surface area contributed by atoms with Crippen molar-refractivity contribution in [3.8, 4) is 23.3 Å². The van der Waals surface area contributed by atoms with Gasteiger partial charge in [0.2, 0.25) is 5.89 Å². The van der Waals surface area contributed by atoms with Gasteiger partial charge in [0, 0.05) is 5.56 Å². The van der Waals surface area contributed by atoms with E-state index in [1.807, 2.05) is 36.4 Å². The third-order valence-electron chi connectivity index (χ3n) is 3.63. The molecule has 3 aromatic rings. The number of benzene rings is 2. The van der Waals surface area contributed by atoms with E-state index in [0.717, 1.165) is 16.9 Å². The van der Waals surface area contributed by atoms with Gasteiger partial charge in [0.15, 0.2) is 0 Å². The first-order valence-electron chi connectivity index (χ1n) is 7.89. The minimum Gasteiger partial charge on any atom is -0.489 e. The highest BCUT2D eigenvalue weighted by atomic mass is 32.1. The zero-order valence-corrected chi connectivity index (χ0v) is 14.6. The first-order chi connectivity index (χ1) is 12.2. The number of aromatic nitrogens is 2. The Hall–Kier alpha value is -2.91. The van der Waals surface area contributed by atoms with Gasteiger partial charge in [-0.3, -0.25) is 0 Å². The van der Waals surface area contributed by atoms with Crippen LogP contribution in [0, 0.1) is 23.1 Å². The van der Waals surface area contributed by atoms with Crippen molar-refractivity contribution in [2.24, 2.45) is 0 Å². The van der Waals surface area contributed by atoms with Crippen LogP contribution in [0.25, 0.3) is 11.5 Å². The van der Waals surface area contributed by atoms with E-state index in [0.29, 0.717) is 25.5 Å². The Morgan fingerprint density at radius 2 is 2.04 bits per heavy atom. The fraction of sp³-hybridized carbons (Fsp3) is 0.211. The summed E-state index contributed by atoms with van der Waals surface area (Å²) in [6.45, 7) is 3.01. The molecule has 0 unspecified atom stereocenters. The Morgan fingerprint density at radius 1 is 1.24 bits per heavy atom. The number of hydrogen-bond acceptors (Lipinski definition) is 5. The number of rotatable bonds is 6. The van der Waals surface area contributed by atoms with E-state index in [-0.39, 0.29) is 4.84 Å². The molecule has 0 aliphatic rings. The van der Waals surface area contributed by atoms with E-state index >= 15 is 0 Å². The highest BCUT2D eigenvalue weighted by Gasteiger charge is 2.08. The molecule has 6 heteroatoms. The van der Waals surface area contributed by atoms with E-state index in [4.69, 9.17) is 26.6 Å². The predicted molar refractivity (Wildman–Crippen MR) is 96.5 cm³/mol. The molecular formula is C19H17N3O2S. The molecule has 3 rings (SSSR count). The molecule has 0 atom stereocenters. The number of hydrogen-bond donors (Lipinski definition) is 0. The van der Waals surface area contributed by atoms with Crippen molar-refractivity contribution in [2.45, 2.75) is 26.5 Å². The van der Waals surface area contributed by atoms with Gasteiger partial charge in [-0.1, -0.05) is 29.8 Å². The first-order valence-corrected chi connectivity index (χ1v) is 8.30. The van der Waals surface area contributed by atoms with Crippen molar-refractivity contribution in [3.63, 3.8) is 0 Å². The van der Waals surface area contributed by atoms with E-state index in [1.165, 1.54) is 10.2 Å². The van der Waals surface area contributed by atoms with Crippen molar-refractivity contribution in [1.82, 2.24) is 9.78 Å². The lowest BCUT2D eigenvalue weighted by atomic mass is 10.1. The van der Waals surface area contributed by atoms with Gasteiger partial charge in [-0.2, -0.15) is 5.26 Å². The number of nitriles is 1. The summed E-state index contributed by atoms with van der Waals surface area (Å²) in [6.07, 6.45) is 0.339. The maximum Gasteiger partial charge on any atom is 0.287 e. The van der Waals surface area contributed by atoms with Gasteiger partial charge in [-0.05, 0) is 49.0 Å². The Bertz CT molecular complexity index is 952. The van der Waals surface area contributed by atoms with E-state index in [1.54, 1.807) is 0 Å². The van der Waals surface area contributed by atoms with E-state index in [2.05, 4.69) is 30.2 Å². The van der Waals surface area contributed by atoms with Gasteiger partial charge in [0.1, 0.15) is 12.4 Å². The normalized spacial score (nSPS) is 10.4. The SMILES string of the molecule is Cc1cccc(COc2ccc(-c3nn(CCC#N)c(=S)o3)cc2)c1. The molecular weight excluding hydrogens is 334 g/mol. The lowest BCUT2D eigenvalue weighted by Crippen LogP contribution is -1.99. The summed E-state index contributed by atoms with van der Waals surface area (Å²) in [7, 11) is 0. The average Bonchev–Trinajstić information content (AvgIpc) is 2.99. The van der Waals surface area contributed by atoms with Crippen molar-refractivity contribution in [3.05, 3.63) is 64.5 Å². The van der Waals surface area contributed by atoms with Crippen LogP contribution in [0.2, 0.25) is 0 Å². The van der Waals surface area contributed by atoms with Crippen molar-refractivity contribution in [1.29, 1.82) is 5.26 Å². The standard InChI is InChI=1S/C19H17N3O2S/c1-14-4-2-5-15(12-14)13-23-17-8-6-16(7-9-17)18-21-22(11-3-10-20)19(25)24-18/h2,4-9,12H,3,11,13H2,1H3. The molecule has 0 N–H and O–H groups in total. The molecule has 0 radical (unpaired) electrons. The molecule has 1 aromatic heterocycles. The minimum atomic E-state index is 0.269. The number of ether oxygens (including phenoxy) is 1. The highest BCUT2D eigenvalue weighted by molar-refractivity contribution is 7.71. The van der Waals surface area contributed by atoms with Crippen LogP contribution in [0.5, 0.6) is 5.75 Å². The zero-order valence-electron chi connectivity index (χ0n) is 13.8. The van der Waals surface area contributed by atoms with Gasteiger partial charge in [-0.15, -0.1) is 5.10 Å². The molecule has 25 heavy (non-hydrogen) atoms.